The molecule has 0 spiro atoms. The Morgan fingerprint density at radius 3 is 2.08 bits per heavy atom. The summed E-state index contributed by atoms with van der Waals surface area (Å²) in [6.07, 6.45) is 3.32. The number of fused-ring (bicyclic) bond motifs is 2. The van der Waals surface area contributed by atoms with Crippen LogP contribution in [-0.4, -0.2) is 96.6 Å². The summed E-state index contributed by atoms with van der Waals surface area (Å²) in [6.45, 7) is 5.72. The maximum absolute atomic E-state index is 7.24. The normalized spacial score (nSPS) is 20.3. The summed E-state index contributed by atoms with van der Waals surface area (Å²) in [4.78, 5) is 7.31. The summed E-state index contributed by atoms with van der Waals surface area (Å²) in [5.74, 6) is 5.50. The van der Waals surface area contributed by atoms with Gasteiger partial charge in [-0.05, 0) is 104 Å². The van der Waals surface area contributed by atoms with Gasteiger partial charge in [-0.2, -0.15) is 0 Å². The van der Waals surface area contributed by atoms with Gasteiger partial charge >= 0.3 is 0 Å². The fourth-order valence-corrected chi connectivity index (χ4v) is 8.66. The molecule has 5 aliphatic heterocycles. The Labute approximate surface area is 313 Å². The highest BCUT2D eigenvalue weighted by Crippen LogP contribution is 2.54. The predicted octanol–water partition coefficient (Wildman–Crippen LogP) is 6.99. The molecule has 6 bridgehead atoms. The van der Waals surface area contributed by atoms with Gasteiger partial charge in [-0.1, -0.05) is 18.2 Å². The quantitative estimate of drug-likeness (QED) is 0.208. The van der Waals surface area contributed by atoms with Crippen LogP contribution in [0, 0.1) is 0 Å². The Bertz CT molecular complexity index is 1960. The van der Waals surface area contributed by atoms with Crippen LogP contribution in [-0.2, 0) is 37.0 Å². The second-order valence-corrected chi connectivity index (χ2v) is 14.6. The van der Waals surface area contributed by atoms with Gasteiger partial charge < -0.3 is 33.2 Å². The molecule has 53 heavy (non-hydrogen) atoms. The monoisotopic (exact) mass is 721 g/mol. The number of hydrogen-bond acceptors (Lipinski definition) is 10. The second-order valence-electron chi connectivity index (χ2n) is 14.6. The standard InChI is InChI=1S/C43H51N3O7/c1-44-15-13-29-24-37(48-4)39-25-32(29)34(44)21-27-7-10-30(11-8-27)52-38-23-28(9-12-36(38)47-3)22-35-40-31(14-16-45(35)2)33(26-46-17-19-51-20-18-46)41(49-5)43(50-6)42(40)53-39/h7-12,23-25,34-35H,13-22,26H2,1-6H3/t34-,35-/m0/s1. The highest BCUT2D eigenvalue weighted by molar-refractivity contribution is 5.67. The highest BCUT2D eigenvalue weighted by Gasteiger charge is 2.37. The molecule has 4 aromatic rings. The van der Waals surface area contributed by atoms with Gasteiger partial charge in [0.05, 0.1) is 41.7 Å². The maximum Gasteiger partial charge on any atom is 0.204 e. The van der Waals surface area contributed by atoms with Gasteiger partial charge in [-0.15, -0.1) is 0 Å². The summed E-state index contributed by atoms with van der Waals surface area (Å²) in [7, 11) is 11.3. The Hall–Kier alpha value is -4.48. The van der Waals surface area contributed by atoms with E-state index in [-0.39, 0.29) is 12.1 Å². The van der Waals surface area contributed by atoms with E-state index in [1.54, 1.807) is 28.4 Å². The van der Waals surface area contributed by atoms with E-state index in [9.17, 15) is 0 Å². The van der Waals surface area contributed by atoms with Gasteiger partial charge in [-0.25, -0.2) is 0 Å². The molecule has 0 aliphatic carbocycles. The van der Waals surface area contributed by atoms with Gasteiger partial charge in [0.2, 0.25) is 5.75 Å². The molecule has 0 saturated carbocycles. The fraction of sp³-hybridized carbons (Fsp3) is 0.442. The van der Waals surface area contributed by atoms with Crippen LogP contribution in [0.4, 0.5) is 0 Å². The van der Waals surface area contributed by atoms with Crippen molar-refractivity contribution in [2.45, 2.75) is 44.3 Å². The molecule has 0 amide bonds. The van der Waals surface area contributed by atoms with Crippen LogP contribution < -0.4 is 28.4 Å². The third kappa shape index (κ3) is 6.78. The molecule has 0 N–H and O–H groups in total. The van der Waals surface area contributed by atoms with Crippen molar-refractivity contribution in [2.24, 2.45) is 0 Å². The molecule has 280 valence electrons. The Morgan fingerprint density at radius 1 is 0.660 bits per heavy atom. The molecule has 4 aromatic carbocycles. The Morgan fingerprint density at radius 2 is 1.34 bits per heavy atom. The van der Waals surface area contributed by atoms with Crippen LogP contribution in [0.3, 0.4) is 0 Å². The van der Waals surface area contributed by atoms with E-state index in [0.29, 0.717) is 54.1 Å². The van der Waals surface area contributed by atoms with Crippen molar-refractivity contribution < 1.29 is 33.2 Å². The van der Waals surface area contributed by atoms with Crippen LogP contribution in [0.5, 0.6) is 46.0 Å². The molecule has 2 atom stereocenters. The zero-order valence-electron chi connectivity index (χ0n) is 31.8. The maximum atomic E-state index is 7.24. The molecule has 5 heterocycles. The number of morpholine rings is 1. The third-order valence-electron chi connectivity index (χ3n) is 11.6. The summed E-state index contributed by atoms with van der Waals surface area (Å²) in [6, 6.07) is 19.2. The lowest BCUT2D eigenvalue weighted by molar-refractivity contribution is 0.0336. The molecular weight excluding hydrogens is 670 g/mol. The summed E-state index contributed by atoms with van der Waals surface area (Å²) in [5.41, 5.74) is 8.38. The van der Waals surface area contributed by atoms with E-state index < -0.39 is 0 Å². The van der Waals surface area contributed by atoms with E-state index in [2.05, 4.69) is 77.3 Å². The van der Waals surface area contributed by atoms with Crippen molar-refractivity contribution in [1.82, 2.24) is 14.7 Å². The first-order valence-corrected chi connectivity index (χ1v) is 18.7. The van der Waals surface area contributed by atoms with Crippen LogP contribution >= 0.6 is 0 Å². The largest absolute Gasteiger partial charge is 0.493 e. The first-order valence-electron chi connectivity index (χ1n) is 18.7. The van der Waals surface area contributed by atoms with Crippen molar-refractivity contribution in [1.29, 1.82) is 0 Å². The molecule has 1 fully saturated rings. The van der Waals surface area contributed by atoms with E-state index >= 15 is 0 Å². The average molecular weight is 722 g/mol. The van der Waals surface area contributed by atoms with Crippen molar-refractivity contribution >= 4 is 0 Å². The molecule has 0 radical (unpaired) electrons. The lowest BCUT2D eigenvalue weighted by atomic mass is 9.84. The molecule has 10 nitrogen and oxygen atoms in total. The lowest BCUT2D eigenvalue weighted by Crippen LogP contribution is -2.38. The summed E-state index contributed by atoms with van der Waals surface area (Å²) in [5, 5.41) is 0. The van der Waals surface area contributed by atoms with Crippen LogP contribution in [0.2, 0.25) is 0 Å². The number of ether oxygens (including phenoxy) is 7. The smallest absolute Gasteiger partial charge is 0.204 e. The van der Waals surface area contributed by atoms with Gasteiger partial charge in [0, 0.05) is 55.9 Å². The van der Waals surface area contributed by atoms with Gasteiger partial charge in [0.1, 0.15) is 5.75 Å². The van der Waals surface area contributed by atoms with Gasteiger partial charge in [-0.3, -0.25) is 14.7 Å². The number of methoxy groups -OCH3 is 4. The van der Waals surface area contributed by atoms with Gasteiger partial charge in [0.25, 0.3) is 0 Å². The average Bonchev–Trinajstić information content (AvgIpc) is 3.18. The Kier molecular flexibility index (Phi) is 10.1. The SMILES string of the molecule is COc1ccc2cc1Oc1ccc(cc1)C[C@H]1c3cc(c(OC)cc3CCN1C)Oc1c(OC)c(OC)c(CN3CCOCC3)c3c1[C@H](C2)N(C)CC3. The molecule has 0 aromatic heterocycles. The highest BCUT2D eigenvalue weighted by atomic mass is 16.5. The predicted molar refractivity (Wildman–Crippen MR) is 204 cm³/mol. The molecule has 5 aliphatic rings. The summed E-state index contributed by atoms with van der Waals surface area (Å²) >= 11 is 0. The van der Waals surface area contributed by atoms with E-state index in [1.165, 1.54) is 22.3 Å². The van der Waals surface area contributed by atoms with Crippen LogP contribution in [0.25, 0.3) is 0 Å². The third-order valence-corrected chi connectivity index (χ3v) is 11.6. The zero-order chi connectivity index (χ0) is 36.6. The minimum atomic E-state index is -0.0427. The topological polar surface area (TPSA) is 74.3 Å². The van der Waals surface area contributed by atoms with Gasteiger partial charge in [0.15, 0.2) is 34.5 Å². The van der Waals surface area contributed by atoms with Crippen molar-refractivity contribution in [3.05, 3.63) is 93.5 Å². The minimum absolute atomic E-state index is 0.0427. The minimum Gasteiger partial charge on any atom is -0.493 e. The second kappa shape index (κ2) is 15.1. The number of rotatable bonds is 6. The zero-order valence-corrected chi connectivity index (χ0v) is 31.8. The number of likely N-dealkylation sites (N-methyl/N-ethyl adjacent to an activating group) is 2. The van der Waals surface area contributed by atoms with Crippen LogP contribution in [0.15, 0.2) is 54.6 Å². The van der Waals surface area contributed by atoms with Crippen molar-refractivity contribution in [3.8, 4) is 46.0 Å². The molecule has 0 unspecified atom stereocenters. The van der Waals surface area contributed by atoms with Crippen molar-refractivity contribution in [3.63, 3.8) is 0 Å². The summed E-state index contributed by atoms with van der Waals surface area (Å²) < 4.78 is 44.0. The number of hydrogen-bond donors (Lipinski definition) is 0. The van der Waals surface area contributed by atoms with Crippen molar-refractivity contribution in [2.75, 3.05) is 81.9 Å². The molecule has 9 rings (SSSR count). The van der Waals surface area contributed by atoms with E-state index in [0.717, 1.165) is 80.2 Å². The van der Waals surface area contributed by atoms with E-state index in [1.807, 2.05) is 6.07 Å². The molecular formula is C43H51N3O7. The number of nitrogens with zero attached hydrogens (tertiary/aromatic N) is 3. The molecule has 1 saturated heterocycles. The molecule has 10 heteroatoms. The fourth-order valence-electron chi connectivity index (χ4n) is 8.66. The number of benzene rings is 4. The first-order chi connectivity index (χ1) is 25.9. The first kappa shape index (κ1) is 35.5. The van der Waals surface area contributed by atoms with Crippen LogP contribution in [0.1, 0.15) is 51.0 Å². The Balaban J connectivity index is 1.37. The lowest BCUT2D eigenvalue weighted by Gasteiger charge is -2.39. The van der Waals surface area contributed by atoms with E-state index in [4.69, 9.17) is 33.2 Å².